The lowest BCUT2D eigenvalue weighted by atomic mass is 9.92. The van der Waals surface area contributed by atoms with Crippen molar-refractivity contribution in [2.45, 2.75) is 77.1 Å². The van der Waals surface area contributed by atoms with Crippen LogP contribution < -0.4 is 11.1 Å². The monoisotopic (exact) mass is 617 g/mol. The first-order valence-corrected chi connectivity index (χ1v) is 16.2. The van der Waals surface area contributed by atoms with Gasteiger partial charge in [-0.2, -0.15) is 13.2 Å². The molecule has 0 aromatic rings. The first-order chi connectivity index (χ1) is 20.4. The van der Waals surface area contributed by atoms with Crippen LogP contribution >= 0.6 is 11.8 Å². The van der Waals surface area contributed by atoms with Gasteiger partial charge in [-0.25, -0.2) is 0 Å². The lowest BCUT2D eigenvalue weighted by Crippen LogP contribution is -2.20. The minimum Gasteiger partial charge on any atom is -0.395 e. The third-order valence-electron chi connectivity index (χ3n) is 7.08. The summed E-state index contributed by atoms with van der Waals surface area (Å²) in [6, 6.07) is 0. The van der Waals surface area contributed by atoms with Gasteiger partial charge in [0.05, 0.1) is 0 Å². The Morgan fingerprint density at radius 1 is 1.21 bits per heavy atom. The molecule has 0 amide bonds. The topological polar surface area (TPSA) is 41.3 Å². The number of likely N-dealkylation sites (N-methyl/N-ethyl adjacent to an activating group) is 2. The third-order valence-corrected chi connectivity index (χ3v) is 8.39. The SMILES string of the molecule is C=CC/C(=C\C(C)/C=C(\N)C(F)(F)F)CCC1/C=C\C(C)S/C(CC)=C(/C=C\CCC(=C)/C=C\CNC)N(C)CC=CC1. The smallest absolute Gasteiger partial charge is 0.395 e. The maximum atomic E-state index is 12.9. The molecular weight excluding hydrogens is 563 g/mol. The van der Waals surface area contributed by atoms with Gasteiger partial charge in [-0.15, -0.1) is 18.3 Å². The molecule has 0 fully saturated rings. The van der Waals surface area contributed by atoms with Crippen molar-refractivity contribution >= 4 is 11.8 Å². The Bertz CT molecular complexity index is 1080. The van der Waals surface area contributed by atoms with Crippen LogP contribution in [0.25, 0.3) is 0 Å². The lowest BCUT2D eigenvalue weighted by Gasteiger charge is -2.24. The molecule has 0 aromatic carbocycles. The van der Waals surface area contributed by atoms with Crippen LogP contribution in [0.3, 0.4) is 0 Å². The highest BCUT2D eigenvalue weighted by Crippen LogP contribution is 2.32. The zero-order valence-electron chi connectivity index (χ0n) is 26.9. The molecule has 1 aliphatic heterocycles. The summed E-state index contributed by atoms with van der Waals surface area (Å²) in [5.74, 6) is -0.0659. The Morgan fingerprint density at radius 2 is 1.95 bits per heavy atom. The average Bonchev–Trinajstić information content (AvgIpc) is 2.94. The molecule has 3 nitrogen and oxygen atoms in total. The average molecular weight is 618 g/mol. The van der Waals surface area contributed by atoms with E-state index < -0.39 is 17.8 Å². The summed E-state index contributed by atoms with van der Waals surface area (Å²) in [5, 5.41) is 3.42. The highest BCUT2D eigenvalue weighted by molar-refractivity contribution is 8.03. The second kappa shape index (κ2) is 21.1. The molecule has 0 saturated carbocycles. The summed E-state index contributed by atoms with van der Waals surface area (Å²) in [4.78, 5) is 3.69. The molecule has 3 unspecified atom stereocenters. The van der Waals surface area contributed by atoms with Gasteiger partial charge in [0.1, 0.15) is 5.70 Å². The quantitative estimate of drug-likeness (QED) is 0.142. The molecule has 0 radical (unpaired) electrons. The molecule has 0 aliphatic carbocycles. The number of hydrogen-bond acceptors (Lipinski definition) is 4. The van der Waals surface area contributed by atoms with Crippen molar-refractivity contribution in [1.29, 1.82) is 0 Å². The van der Waals surface area contributed by atoms with Gasteiger partial charge in [0.15, 0.2) is 0 Å². The summed E-state index contributed by atoms with van der Waals surface area (Å²) >= 11 is 1.90. The molecule has 3 N–H and O–H groups in total. The first-order valence-electron chi connectivity index (χ1n) is 15.4. The van der Waals surface area contributed by atoms with Gasteiger partial charge in [-0.05, 0) is 82.9 Å². The summed E-state index contributed by atoms with van der Waals surface area (Å²) in [7, 11) is 4.08. The summed E-state index contributed by atoms with van der Waals surface area (Å²) < 4.78 is 38.6. The predicted molar refractivity (Wildman–Crippen MR) is 184 cm³/mol. The van der Waals surface area contributed by atoms with Gasteiger partial charge in [0.2, 0.25) is 0 Å². The molecule has 0 bridgehead atoms. The molecule has 3 atom stereocenters. The number of nitrogens with zero attached hydrogens (tertiary/aromatic N) is 1. The van der Waals surface area contributed by atoms with E-state index in [9.17, 15) is 13.2 Å². The molecular formula is C36H54F3N3S. The van der Waals surface area contributed by atoms with Gasteiger partial charge < -0.3 is 16.0 Å². The largest absolute Gasteiger partial charge is 0.430 e. The number of halogens is 3. The van der Waals surface area contributed by atoms with E-state index in [0.29, 0.717) is 17.6 Å². The Hall–Kier alpha value is -2.64. The van der Waals surface area contributed by atoms with Crippen molar-refractivity contribution < 1.29 is 13.2 Å². The molecule has 7 heteroatoms. The normalized spacial score (nSPS) is 22.9. The van der Waals surface area contributed by atoms with Crippen molar-refractivity contribution in [3.8, 4) is 0 Å². The van der Waals surface area contributed by atoms with E-state index in [4.69, 9.17) is 5.73 Å². The maximum Gasteiger partial charge on any atom is 0.430 e. The molecule has 1 aliphatic rings. The summed E-state index contributed by atoms with van der Waals surface area (Å²) in [5.41, 5.74) is 7.67. The van der Waals surface area contributed by atoms with Crippen LogP contribution in [0.5, 0.6) is 0 Å². The van der Waals surface area contributed by atoms with Gasteiger partial charge in [0, 0.05) is 36.0 Å². The van der Waals surface area contributed by atoms with E-state index in [1.54, 1.807) is 6.92 Å². The Labute approximate surface area is 264 Å². The zero-order valence-corrected chi connectivity index (χ0v) is 27.7. The van der Waals surface area contributed by atoms with E-state index in [2.05, 4.69) is 92.9 Å². The van der Waals surface area contributed by atoms with E-state index in [1.807, 2.05) is 31.0 Å². The van der Waals surface area contributed by atoms with E-state index in [1.165, 1.54) is 10.6 Å². The summed E-state index contributed by atoms with van der Waals surface area (Å²) in [6.45, 7) is 15.9. The van der Waals surface area contributed by atoms with Crippen molar-refractivity contribution in [3.63, 3.8) is 0 Å². The highest BCUT2D eigenvalue weighted by atomic mass is 32.2. The fourth-order valence-electron chi connectivity index (χ4n) is 4.73. The van der Waals surface area contributed by atoms with Crippen molar-refractivity contribution in [2.75, 3.05) is 27.2 Å². The van der Waals surface area contributed by atoms with Crippen LogP contribution in [0, 0.1) is 11.8 Å². The van der Waals surface area contributed by atoms with E-state index in [0.717, 1.165) is 68.8 Å². The van der Waals surface area contributed by atoms with Crippen LogP contribution in [0.15, 0.2) is 107 Å². The number of thioether (sulfide) groups is 1. The molecule has 43 heavy (non-hydrogen) atoms. The fraction of sp³-hybridized carbons (Fsp3) is 0.500. The van der Waals surface area contributed by atoms with Gasteiger partial charge in [-0.3, -0.25) is 0 Å². The van der Waals surface area contributed by atoms with Crippen LogP contribution in [-0.4, -0.2) is 43.5 Å². The fourth-order valence-corrected chi connectivity index (χ4v) is 5.86. The maximum absolute atomic E-state index is 12.9. The van der Waals surface area contributed by atoms with Gasteiger partial charge in [-0.1, -0.05) is 86.3 Å². The van der Waals surface area contributed by atoms with Crippen LogP contribution in [0.2, 0.25) is 0 Å². The molecule has 0 aromatic heterocycles. The number of nitrogens with two attached hydrogens (primary N) is 1. The number of allylic oxidation sites excluding steroid dienone is 12. The number of alkyl halides is 3. The standard InChI is InChI=1S/C36H54F3N3S/c1-8-15-32(26-29(4)27-35(40)36(37,38)39)23-22-31-18-12-13-25-42(7)33(34(9-2)43-30(5)20-21-31)19-11-10-16-28(3)17-14-24-41-6/h8,11-14,17,19-21,26-27,29-31,41H,1,3,9-10,15-16,18,22-25,40H2,2,4-7H3/b13-12?,17-14-,19-11-,21-20-,32-26+,34-33-,35-27-. The van der Waals surface area contributed by atoms with Crippen molar-refractivity contribution in [3.05, 3.63) is 107 Å². The molecule has 0 saturated heterocycles. The minimum atomic E-state index is -4.50. The third kappa shape index (κ3) is 16.7. The predicted octanol–water partition coefficient (Wildman–Crippen LogP) is 9.79. The second-order valence-electron chi connectivity index (χ2n) is 11.1. The zero-order chi connectivity index (χ0) is 32.3. The molecule has 1 heterocycles. The van der Waals surface area contributed by atoms with Crippen LogP contribution in [0.1, 0.15) is 65.7 Å². The van der Waals surface area contributed by atoms with Crippen molar-refractivity contribution in [2.24, 2.45) is 17.6 Å². The van der Waals surface area contributed by atoms with Crippen LogP contribution in [-0.2, 0) is 0 Å². The van der Waals surface area contributed by atoms with Crippen LogP contribution in [0.4, 0.5) is 13.2 Å². The number of hydrogen-bond donors (Lipinski definition) is 2. The Balaban J connectivity index is 3.01. The van der Waals surface area contributed by atoms with E-state index in [-0.39, 0.29) is 0 Å². The molecule has 240 valence electrons. The Kier molecular flexibility index (Phi) is 18.9. The van der Waals surface area contributed by atoms with Gasteiger partial charge in [0.25, 0.3) is 0 Å². The first kappa shape index (κ1) is 38.4. The molecule has 1 rings (SSSR count). The van der Waals surface area contributed by atoms with E-state index >= 15 is 0 Å². The Morgan fingerprint density at radius 3 is 2.60 bits per heavy atom. The summed E-state index contributed by atoms with van der Waals surface area (Å²) in [6.07, 6.45) is 24.2. The highest BCUT2D eigenvalue weighted by Gasteiger charge is 2.31. The van der Waals surface area contributed by atoms with Gasteiger partial charge >= 0.3 is 6.18 Å². The minimum absolute atomic E-state index is 0.313. The molecule has 0 spiro atoms. The second-order valence-corrected chi connectivity index (χ2v) is 12.6. The number of rotatable bonds is 15. The number of nitrogens with one attached hydrogen (secondary N) is 1. The van der Waals surface area contributed by atoms with Crippen molar-refractivity contribution in [1.82, 2.24) is 10.2 Å². The lowest BCUT2D eigenvalue weighted by molar-refractivity contribution is -0.0930.